The summed E-state index contributed by atoms with van der Waals surface area (Å²) < 4.78 is 2.20. The van der Waals surface area contributed by atoms with Gasteiger partial charge in [0.2, 0.25) is 11.8 Å². The Morgan fingerprint density at radius 1 is 0.895 bits per heavy atom. The Morgan fingerprint density at radius 2 is 1.63 bits per heavy atom. The lowest BCUT2D eigenvalue weighted by Crippen LogP contribution is -2.47. The van der Waals surface area contributed by atoms with Crippen molar-refractivity contribution in [3.05, 3.63) is 58.9 Å². The van der Waals surface area contributed by atoms with Crippen LogP contribution in [-0.2, 0) is 22.7 Å². The second-order valence-corrected chi connectivity index (χ2v) is 11.3. The van der Waals surface area contributed by atoms with Crippen molar-refractivity contribution >= 4 is 23.4 Å². The van der Waals surface area contributed by atoms with Gasteiger partial charge in [0.15, 0.2) is 0 Å². The minimum absolute atomic E-state index is 0.0813. The lowest BCUT2D eigenvalue weighted by Gasteiger charge is -2.36. The molecule has 1 fully saturated rings. The summed E-state index contributed by atoms with van der Waals surface area (Å²) in [6.45, 7) is 6.43. The normalized spacial score (nSPS) is 14.0. The zero-order valence-corrected chi connectivity index (χ0v) is 24.4. The predicted molar refractivity (Wildman–Crippen MR) is 157 cm³/mol. The largest absolute Gasteiger partial charge is 0.345 e. The van der Waals surface area contributed by atoms with E-state index in [2.05, 4.69) is 41.6 Å². The number of rotatable bonds is 16. The van der Waals surface area contributed by atoms with E-state index in [9.17, 15) is 9.59 Å². The van der Waals surface area contributed by atoms with Gasteiger partial charge in [0.1, 0.15) is 0 Å². The molecule has 0 N–H and O–H groups in total. The van der Waals surface area contributed by atoms with Crippen molar-refractivity contribution in [1.29, 1.82) is 0 Å². The van der Waals surface area contributed by atoms with Gasteiger partial charge in [-0.05, 0) is 49.4 Å². The highest BCUT2D eigenvalue weighted by molar-refractivity contribution is 6.31. The van der Waals surface area contributed by atoms with Crippen LogP contribution >= 0.6 is 11.6 Å². The van der Waals surface area contributed by atoms with Crippen molar-refractivity contribution in [3.8, 4) is 0 Å². The Morgan fingerprint density at radius 3 is 2.37 bits per heavy atom. The molecule has 1 aromatic carbocycles. The molecule has 0 unspecified atom stereocenters. The average molecular weight is 542 g/mol. The van der Waals surface area contributed by atoms with Gasteiger partial charge in [0.05, 0.1) is 13.1 Å². The van der Waals surface area contributed by atoms with Crippen LogP contribution in [0.15, 0.2) is 42.6 Å². The molecule has 0 aliphatic heterocycles. The molecule has 38 heavy (non-hydrogen) atoms. The second kappa shape index (κ2) is 16.6. The van der Waals surface area contributed by atoms with Gasteiger partial charge in [-0.25, -0.2) is 0 Å². The predicted octanol–water partition coefficient (Wildman–Crippen LogP) is 7.84. The first-order valence-corrected chi connectivity index (χ1v) is 15.4. The molecular weight excluding hydrogens is 494 g/mol. The van der Waals surface area contributed by atoms with E-state index < -0.39 is 0 Å². The van der Waals surface area contributed by atoms with E-state index in [-0.39, 0.29) is 24.4 Å². The van der Waals surface area contributed by atoms with Crippen molar-refractivity contribution in [2.45, 2.75) is 116 Å². The number of unbranched alkanes of at least 4 members (excludes halogenated alkanes) is 5. The molecule has 0 spiro atoms. The monoisotopic (exact) mass is 541 g/mol. The van der Waals surface area contributed by atoms with Crippen LogP contribution < -0.4 is 0 Å². The van der Waals surface area contributed by atoms with Crippen LogP contribution in [0.1, 0.15) is 109 Å². The van der Waals surface area contributed by atoms with Crippen LogP contribution in [0.25, 0.3) is 0 Å². The SMILES string of the molecule is CCCCCCCC(=O)N(CCCC)CC(=O)N(Cc1cccn1Cc1ccccc1Cl)C1CCCCC1. The van der Waals surface area contributed by atoms with Crippen molar-refractivity contribution in [1.82, 2.24) is 14.4 Å². The molecule has 0 atom stereocenters. The number of carbonyl (C=O) groups is 2. The van der Waals surface area contributed by atoms with Gasteiger partial charge in [-0.15, -0.1) is 0 Å². The molecule has 0 bridgehead atoms. The molecule has 2 amide bonds. The maximum atomic E-state index is 13.9. The molecule has 6 heteroatoms. The van der Waals surface area contributed by atoms with Gasteiger partial charge in [-0.1, -0.05) is 95.0 Å². The molecule has 1 saturated carbocycles. The molecule has 5 nitrogen and oxygen atoms in total. The number of halogens is 1. The van der Waals surface area contributed by atoms with E-state index in [4.69, 9.17) is 11.6 Å². The van der Waals surface area contributed by atoms with Gasteiger partial charge >= 0.3 is 0 Å². The summed E-state index contributed by atoms with van der Waals surface area (Å²) in [4.78, 5) is 31.0. The topological polar surface area (TPSA) is 45.6 Å². The van der Waals surface area contributed by atoms with E-state index in [1.807, 2.05) is 29.2 Å². The van der Waals surface area contributed by atoms with E-state index >= 15 is 0 Å². The van der Waals surface area contributed by atoms with Gasteiger partial charge < -0.3 is 14.4 Å². The Labute approximate surface area is 235 Å². The van der Waals surface area contributed by atoms with Crippen molar-refractivity contribution in [2.75, 3.05) is 13.1 Å². The first-order chi connectivity index (χ1) is 18.5. The van der Waals surface area contributed by atoms with Crippen molar-refractivity contribution in [3.63, 3.8) is 0 Å². The summed E-state index contributed by atoms with van der Waals surface area (Å²) in [5.41, 5.74) is 2.17. The molecular formula is C32H48ClN3O2. The van der Waals surface area contributed by atoms with E-state index in [1.54, 1.807) is 0 Å². The Kier molecular flexibility index (Phi) is 13.3. The number of carbonyl (C=O) groups excluding carboxylic acids is 2. The number of amides is 2. The highest BCUT2D eigenvalue weighted by atomic mass is 35.5. The summed E-state index contributed by atoms with van der Waals surface area (Å²) >= 11 is 6.45. The van der Waals surface area contributed by atoms with Crippen LogP contribution in [0.4, 0.5) is 0 Å². The third kappa shape index (κ3) is 9.48. The lowest BCUT2D eigenvalue weighted by atomic mass is 9.94. The number of benzene rings is 1. The molecule has 0 saturated heterocycles. The highest BCUT2D eigenvalue weighted by Gasteiger charge is 2.28. The fourth-order valence-corrected chi connectivity index (χ4v) is 5.67. The summed E-state index contributed by atoms with van der Waals surface area (Å²) in [7, 11) is 0. The third-order valence-electron chi connectivity index (χ3n) is 7.84. The number of hydrogen-bond acceptors (Lipinski definition) is 2. The summed E-state index contributed by atoms with van der Waals surface area (Å²) in [5, 5.41) is 0.757. The summed E-state index contributed by atoms with van der Waals surface area (Å²) in [6, 6.07) is 12.3. The van der Waals surface area contributed by atoms with Gasteiger partial charge in [-0.2, -0.15) is 0 Å². The highest BCUT2D eigenvalue weighted by Crippen LogP contribution is 2.26. The number of aromatic nitrogens is 1. The Balaban J connectivity index is 1.72. The quantitative estimate of drug-likeness (QED) is 0.203. The maximum absolute atomic E-state index is 13.9. The summed E-state index contributed by atoms with van der Waals surface area (Å²) in [5.74, 6) is 0.215. The lowest BCUT2D eigenvalue weighted by molar-refractivity contribution is -0.143. The van der Waals surface area contributed by atoms with Gasteiger partial charge in [-0.3, -0.25) is 9.59 Å². The van der Waals surface area contributed by atoms with Gasteiger partial charge in [0, 0.05) is 42.5 Å². The van der Waals surface area contributed by atoms with Crippen LogP contribution in [0.3, 0.4) is 0 Å². The zero-order valence-electron chi connectivity index (χ0n) is 23.7. The maximum Gasteiger partial charge on any atom is 0.242 e. The fraction of sp³-hybridized carbons (Fsp3) is 0.625. The van der Waals surface area contributed by atoms with Crippen molar-refractivity contribution in [2.24, 2.45) is 0 Å². The fourth-order valence-electron chi connectivity index (χ4n) is 5.48. The number of nitrogens with zero attached hydrogens (tertiary/aromatic N) is 3. The summed E-state index contributed by atoms with van der Waals surface area (Å²) in [6.07, 6.45) is 15.8. The average Bonchev–Trinajstić information content (AvgIpc) is 3.37. The standard InChI is InChI=1S/C32H48ClN3O2/c1-3-5-7-8-12-21-31(37)35(22-6-4-2)26-32(38)36(28-17-10-9-11-18-28)25-29-19-15-23-34(29)24-27-16-13-14-20-30(27)33/h13-16,19-20,23,28H,3-12,17-18,21-22,24-26H2,1-2H3. The van der Waals surface area contributed by atoms with Crippen LogP contribution in [0.5, 0.6) is 0 Å². The Bertz CT molecular complexity index is 983. The zero-order chi connectivity index (χ0) is 27.2. The third-order valence-corrected chi connectivity index (χ3v) is 8.21. The van der Waals surface area contributed by atoms with Crippen molar-refractivity contribution < 1.29 is 9.59 Å². The van der Waals surface area contributed by atoms with E-state index in [0.29, 0.717) is 26.1 Å². The van der Waals surface area contributed by atoms with Gasteiger partial charge in [0.25, 0.3) is 0 Å². The van der Waals surface area contributed by atoms with Crippen LogP contribution in [-0.4, -0.2) is 45.3 Å². The van der Waals surface area contributed by atoms with E-state index in [1.165, 1.54) is 25.7 Å². The molecule has 1 aliphatic rings. The molecule has 2 aromatic rings. The molecule has 210 valence electrons. The number of hydrogen-bond donors (Lipinski definition) is 0. The molecule has 1 aromatic heterocycles. The minimum Gasteiger partial charge on any atom is -0.345 e. The van der Waals surface area contributed by atoms with Crippen LogP contribution in [0, 0.1) is 0 Å². The van der Waals surface area contributed by atoms with Crippen LogP contribution in [0.2, 0.25) is 5.02 Å². The smallest absolute Gasteiger partial charge is 0.242 e. The molecule has 0 radical (unpaired) electrons. The molecule has 3 rings (SSSR count). The molecule has 1 aliphatic carbocycles. The minimum atomic E-state index is 0.0813. The second-order valence-electron chi connectivity index (χ2n) is 10.9. The van der Waals surface area contributed by atoms with E-state index in [0.717, 1.165) is 67.6 Å². The molecule has 1 heterocycles. The Hall–Kier alpha value is -2.27. The first-order valence-electron chi connectivity index (χ1n) is 15.0. The first kappa shape index (κ1) is 30.3.